The highest BCUT2D eigenvalue weighted by Crippen LogP contribution is 2.47. The highest BCUT2D eigenvalue weighted by atomic mass is 28.4. The molecule has 0 aliphatic carbocycles. The minimum atomic E-state index is -2.35. The normalized spacial score (nSPS) is 20.8. The largest absolute Gasteiger partial charge is 0.497 e. The van der Waals surface area contributed by atoms with Gasteiger partial charge in [0.1, 0.15) is 24.1 Å². The number of anilines is 1. The molecule has 1 aliphatic heterocycles. The van der Waals surface area contributed by atoms with Crippen molar-refractivity contribution in [1.82, 2.24) is 19.5 Å². The minimum absolute atomic E-state index is 0.0273. The van der Waals surface area contributed by atoms with Gasteiger partial charge in [-0.05, 0) is 84.9 Å². The molecule has 1 fully saturated rings. The van der Waals surface area contributed by atoms with E-state index in [0.29, 0.717) is 24.4 Å². The molecule has 52 heavy (non-hydrogen) atoms. The van der Waals surface area contributed by atoms with E-state index in [2.05, 4.69) is 124 Å². The van der Waals surface area contributed by atoms with E-state index in [-0.39, 0.29) is 39.2 Å². The average Bonchev–Trinajstić information content (AvgIpc) is 3.58. The number of imidazole rings is 1. The fraction of sp³-hybridized carbons (Fsp3) is 0.711. The van der Waals surface area contributed by atoms with Crippen LogP contribution in [0.5, 0.6) is 11.8 Å². The zero-order chi connectivity index (χ0) is 39.1. The summed E-state index contributed by atoms with van der Waals surface area (Å²) in [6, 6.07) is 8.26. The number of methoxy groups -OCH3 is 1. The van der Waals surface area contributed by atoms with Crippen LogP contribution in [0, 0.1) is 0 Å². The van der Waals surface area contributed by atoms with Gasteiger partial charge in [0, 0.05) is 0 Å². The summed E-state index contributed by atoms with van der Waals surface area (Å²) in [5, 5.41) is -0.0382. The highest BCUT2D eigenvalue weighted by Gasteiger charge is 2.55. The summed E-state index contributed by atoms with van der Waals surface area (Å²) >= 11 is 0. The van der Waals surface area contributed by atoms with Crippen LogP contribution in [0.4, 0.5) is 5.82 Å². The lowest BCUT2D eigenvalue weighted by molar-refractivity contribution is -0.0470. The van der Waals surface area contributed by atoms with Gasteiger partial charge in [0.2, 0.25) is 0 Å². The number of aromatic nitrogens is 4. The second kappa shape index (κ2) is 15.4. The Bertz CT molecular complexity index is 1640. The van der Waals surface area contributed by atoms with Crippen LogP contribution < -0.4 is 15.2 Å². The third kappa shape index (κ3) is 9.47. The van der Waals surface area contributed by atoms with E-state index in [0.717, 1.165) is 18.6 Å². The van der Waals surface area contributed by atoms with Gasteiger partial charge in [-0.3, -0.25) is 4.57 Å². The molecule has 2 aromatic heterocycles. The number of nitrogens with two attached hydrogens (primary N) is 1. The van der Waals surface area contributed by atoms with Crippen LogP contribution in [0.3, 0.4) is 0 Å². The van der Waals surface area contributed by atoms with E-state index in [1.165, 1.54) is 5.56 Å². The van der Waals surface area contributed by atoms with Gasteiger partial charge in [-0.15, -0.1) is 0 Å². The van der Waals surface area contributed by atoms with Crippen molar-refractivity contribution in [3.63, 3.8) is 0 Å². The maximum atomic E-state index is 7.35. The Labute approximate surface area is 316 Å². The van der Waals surface area contributed by atoms with Crippen molar-refractivity contribution >= 4 is 41.9 Å². The molecule has 11 nitrogen and oxygen atoms in total. The number of benzene rings is 1. The third-order valence-electron chi connectivity index (χ3n) is 11.9. The number of rotatable bonds is 14. The predicted molar refractivity (Wildman–Crippen MR) is 218 cm³/mol. The molecule has 0 amide bonds. The van der Waals surface area contributed by atoms with Gasteiger partial charge in [-0.25, -0.2) is 4.98 Å². The van der Waals surface area contributed by atoms with Crippen molar-refractivity contribution in [3.8, 4) is 11.8 Å². The molecule has 3 heterocycles. The maximum Gasteiger partial charge on any atom is 0.320 e. The Hall–Kier alpha value is -2.34. The molecular weight excluding hydrogens is 707 g/mol. The summed E-state index contributed by atoms with van der Waals surface area (Å²) in [5.41, 5.74) is 8.71. The van der Waals surface area contributed by atoms with Gasteiger partial charge < -0.3 is 33.2 Å². The molecule has 1 aromatic carbocycles. The summed E-state index contributed by atoms with van der Waals surface area (Å²) in [4.78, 5) is 14.0. The fourth-order valence-corrected chi connectivity index (χ4v) is 8.89. The maximum absolute atomic E-state index is 7.35. The van der Waals surface area contributed by atoms with E-state index in [9.17, 15) is 0 Å². The summed E-state index contributed by atoms with van der Waals surface area (Å²) in [7, 11) is -5.11. The van der Waals surface area contributed by atoms with Gasteiger partial charge >= 0.3 is 6.01 Å². The van der Waals surface area contributed by atoms with Gasteiger partial charge in [-0.1, -0.05) is 74.4 Å². The molecular formula is C38H67N5O6Si3. The molecule has 0 radical (unpaired) electrons. The van der Waals surface area contributed by atoms with Gasteiger partial charge in [0.25, 0.3) is 0 Å². The van der Waals surface area contributed by atoms with Gasteiger partial charge in [0.05, 0.1) is 26.7 Å². The molecule has 4 atom stereocenters. The number of fused-ring (bicyclic) bond motifs is 1. The molecule has 0 unspecified atom stereocenters. The standard InChI is InChI=1S/C38H67N5O6Si3/c1-36(2,3)50(11,12)46-24-28-30(48-51(13,14)37(4,5)6)31(49-52(15,16)38(7,8)9)34(47-28)43-25-40-29-32(39)41-35(42-33(29)43)45-23-17-18-26-19-21-27(44-10)22-20-26/h19-22,25,28,30-31,34H,17-18,23-24H2,1-16H3,(H2,39,41,42)/t28-,30-,31-,34-/m1/s1. The van der Waals surface area contributed by atoms with Crippen LogP contribution in [0.2, 0.25) is 54.4 Å². The first-order valence-corrected chi connectivity index (χ1v) is 27.4. The molecule has 0 saturated carbocycles. The number of nitrogen functional groups attached to an aromatic ring is 1. The monoisotopic (exact) mass is 773 g/mol. The smallest absolute Gasteiger partial charge is 0.320 e. The van der Waals surface area contributed by atoms with Crippen LogP contribution in [0.15, 0.2) is 30.6 Å². The Morgan fingerprint density at radius 2 is 1.35 bits per heavy atom. The SMILES string of the molecule is COc1ccc(CCCOc2nc(N)c3ncn([C@@H]4O[C@H](CO[Si](C)(C)C(C)(C)C)[C@@H](O[Si](C)(C)C(C)(C)C)[C@H]4O[Si](C)(C)C(C)(C)C)c3n2)cc1. The molecule has 1 saturated heterocycles. The van der Waals surface area contributed by atoms with Crippen molar-refractivity contribution < 1.29 is 27.5 Å². The van der Waals surface area contributed by atoms with Crippen molar-refractivity contribution in [2.75, 3.05) is 26.1 Å². The van der Waals surface area contributed by atoms with Crippen LogP contribution in [-0.4, -0.2) is 83.1 Å². The Kier molecular flexibility index (Phi) is 12.6. The van der Waals surface area contributed by atoms with E-state index in [1.807, 2.05) is 16.7 Å². The fourth-order valence-electron chi connectivity index (χ4n) is 5.28. The van der Waals surface area contributed by atoms with Crippen LogP contribution in [-0.2, 0) is 24.4 Å². The lowest BCUT2D eigenvalue weighted by Crippen LogP contribution is -2.54. The van der Waals surface area contributed by atoms with Crippen LogP contribution >= 0.6 is 0 Å². The molecule has 1 aliphatic rings. The topological polar surface area (TPSA) is 125 Å². The van der Waals surface area contributed by atoms with Crippen LogP contribution in [0.1, 0.15) is 80.5 Å². The van der Waals surface area contributed by atoms with Crippen molar-refractivity contribution in [1.29, 1.82) is 0 Å². The zero-order valence-electron chi connectivity index (χ0n) is 34.8. The molecule has 3 aromatic rings. The quantitative estimate of drug-likeness (QED) is 0.125. The number of nitrogens with zero attached hydrogens (tertiary/aromatic N) is 4. The Balaban J connectivity index is 1.72. The summed E-state index contributed by atoms with van der Waals surface area (Å²) in [6.45, 7) is 34.8. The predicted octanol–water partition coefficient (Wildman–Crippen LogP) is 9.13. The third-order valence-corrected chi connectivity index (χ3v) is 25.3. The molecule has 2 N–H and O–H groups in total. The van der Waals surface area contributed by atoms with E-state index in [4.69, 9.17) is 38.2 Å². The number of ether oxygens (including phenoxy) is 3. The lowest BCUT2D eigenvalue weighted by atomic mass is 10.1. The lowest BCUT2D eigenvalue weighted by Gasteiger charge is -2.44. The van der Waals surface area contributed by atoms with Crippen molar-refractivity contribution in [2.24, 2.45) is 0 Å². The number of hydrogen-bond donors (Lipinski definition) is 1. The Morgan fingerprint density at radius 1 is 0.788 bits per heavy atom. The van der Waals surface area contributed by atoms with Crippen molar-refractivity contribution in [3.05, 3.63) is 36.2 Å². The first-order valence-electron chi connectivity index (χ1n) is 18.7. The van der Waals surface area contributed by atoms with Crippen LogP contribution in [0.25, 0.3) is 11.2 Å². The second-order valence-corrected chi connectivity index (χ2v) is 33.2. The summed E-state index contributed by atoms with van der Waals surface area (Å²) < 4.78 is 41.9. The van der Waals surface area contributed by atoms with Gasteiger partial charge in [-0.2, -0.15) is 9.97 Å². The number of aryl methyl sites for hydroxylation is 1. The minimum Gasteiger partial charge on any atom is -0.497 e. The average molecular weight is 774 g/mol. The molecule has 0 spiro atoms. The summed E-state index contributed by atoms with van der Waals surface area (Å²) in [6.07, 6.45) is 1.54. The first kappa shape index (κ1) is 42.4. The second-order valence-electron chi connectivity index (χ2n) is 18.8. The zero-order valence-corrected chi connectivity index (χ0v) is 37.8. The molecule has 14 heteroatoms. The first-order chi connectivity index (χ1) is 23.8. The summed E-state index contributed by atoms with van der Waals surface area (Å²) in [5.74, 6) is 1.09. The molecule has 0 bridgehead atoms. The van der Waals surface area contributed by atoms with Crippen molar-refractivity contribution in [2.45, 2.75) is 154 Å². The van der Waals surface area contributed by atoms with Gasteiger partial charge in [0.15, 0.2) is 48.2 Å². The Morgan fingerprint density at radius 3 is 1.88 bits per heavy atom. The molecule has 292 valence electrons. The van der Waals surface area contributed by atoms with E-state index < -0.39 is 37.3 Å². The number of hydrogen-bond acceptors (Lipinski definition) is 10. The highest BCUT2D eigenvalue weighted by molar-refractivity contribution is 6.75. The van der Waals surface area contributed by atoms with E-state index >= 15 is 0 Å². The molecule has 4 rings (SSSR count). The van der Waals surface area contributed by atoms with E-state index in [1.54, 1.807) is 13.4 Å².